The second-order valence-electron chi connectivity index (χ2n) is 4.17. The lowest BCUT2D eigenvalue weighted by atomic mass is 10.2. The van der Waals surface area contributed by atoms with Crippen molar-refractivity contribution in [2.75, 3.05) is 24.7 Å². The van der Waals surface area contributed by atoms with Gasteiger partial charge in [-0.25, -0.2) is 0 Å². The zero-order valence-electron chi connectivity index (χ0n) is 9.89. The summed E-state index contributed by atoms with van der Waals surface area (Å²) >= 11 is 0. The van der Waals surface area contributed by atoms with E-state index in [0.29, 0.717) is 0 Å². The summed E-state index contributed by atoms with van der Waals surface area (Å²) in [4.78, 5) is 4.68. The normalized spacial score (nSPS) is 15.6. The van der Waals surface area contributed by atoms with Crippen LogP contribution in [0.25, 0.3) is 0 Å². The van der Waals surface area contributed by atoms with Crippen molar-refractivity contribution < 1.29 is 0 Å². The van der Waals surface area contributed by atoms with Crippen LogP contribution in [-0.4, -0.2) is 24.7 Å². The lowest BCUT2D eigenvalue weighted by Crippen LogP contribution is -2.39. The second-order valence-corrected chi connectivity index (χ2v) is 4.17. The third kappa shape index (κ3) is 2.78. The van der Waals surface area contributed by atoms with Gasteiger partial charge >= 0.3 is 0 Å². The molecule has 1 aliphatic heterocycles. The Morgan fingerprint density at radius 3 is 2.81 bits per heavy atom. The molecular weight excluding hydrogens is 196 g/mol. The van der Waals surface area contributed by atoms with Gasteiger partial charge in [0, 0.05) is 25.0 Å². The summed E-state index contributed by atoms with van der Waals surface area (Å²) in [7, 11) is 0. The molecule has 0 aliphatic carbocycles. The summed E-state index contributed by atoms with van der Waals surface area (Å²) in [5.74, 6) is 0. The fraction of sp³-hybridized carbons (Fsp3) is 0.429. The minimum atomic E-state index is 0.895. The van der Waals surface area contributed by atoms with Crippen molar-refractivity contribution in [3.63, 3.8) is 0 Å². The predicted octanol–water partition coefficient (Wildman–Crippen LogP) is 2.88. The van der Waals surface area contributed by atoms with Gasteiger partial charge in [0.05, 0.1) is 6.67 Å². The lowest BCUT2D eigenvalue weighted by Gasteiger charge is -2.33. The Hall–Kier alpha value is -1.44. The molecule has 0 atom stereocenters. The molecule has 0 aromatic heterocycles. The summed E-state index contributed by atoms with van der Waals surface area (Å²) in [6.45, 7) is 5.24. The number of hydrogen-bond donors (Lipinski definition) is 0. The highest BCUT2D eigenvalue weighted by Crippen LogP contribution is 2.16. The minimum absolute atomic E-state index is 0.895. The van der Waals surface area contributed by atoms with Crippen LogP contribution in [0.2, 0.25) is 0 Å². The van der Waals surface area contributed by atoms with Gasteiger partial charge in [-0.3, -0.25) is 0 Å². The van der Waals surface area contributed by atoms with E-state index >= 15 is 0 Å². The molecule has 16 heavy (non-hydrogen) atoms. The summed E-state index contributed by atoms with van der Waals surface area (Å²) in [6.07, 6.45) is 7.92. The maximum atomic E-state index is 3.32. The van der Waals surface area contributed by atoms with Crippen molar-refractivity contribution >= 4 is 5.69 Å². The number of rotatable bonds is 4. The van der Waals surface area contributed by atoms with Crippen LogP contribution in [0.4, 0.5) is 5.69 Å². The van der Waals surface area contributed by atoms with E-state index in [2.05, 4.69) is 59.3 Å². The van der Waals surface area contributed by atoms with Gasteiger partial charge in [0.25, 0.3) is 0 Å². The van der Waals surface area contributed by atoms with Gasteiger partial charge in [0.15, 0.2) is 0 Å². The van der Waals surface area contributed by atoms with Crippen molar-refractivity contribution in [2.45, 2.75) is 19.8 Å². The van der Waals surface area contributed by atoms with Gasteiger partial charge in [-0.15, -0.1) is 0 Å². The van der Waals surface area contributed by atoms with Gasteiger partial charge in [0.1, 0.15) is 0 Å². The van der Waals surface area contributed by atoms with Gasteiger partial charge in [-0.2, -0.15) is 0 Å². The fourth-order valence-electron chi connectivity index (χ4n) is 1.90. The number of nitrogens with zero attached hydrogens (tertiary/aromatic N) is 2. The van der Waals surface area contributed by atoms with E-state index in [1.54, 1.807) is 0 Å². The lowest BCUT2D eigenvalue weighted by molar-refractivity contribution is 0.352. The first-order chi connectivity index (χ1) is 7.90. The molecule has 0 saturated heterocycles. The standard InChI is InChI=1S/C14H19N2/c1-2-3-10-15-11-7-12-16(13-15)14-8-5-4-6-9-14/h4-6,8-9,11H,2-3,10,12-13H2,1H3. The average Bonchev–Trinajstić information content (AvgIpc) is 2.38. The summed E-state index contributed by atoms with van der Waals surface area (Å²) in [6, 6.07) is 10.5. The molecule has 2 rings (SSSR count). The van der Waals surface area contributed by atoms with Gasteiger partial charge in [0.2, 0.25) is 0 Å². The number of hydrogen-bond acceptors (Lipinski definition) is 2. The Morgan fingerprint density at radius 1 is 1.25 bits per heavy atom. The molecule has 1 aromatic carbocycles. The molecule has 0 amide bonds. The molecule has 0 spiro atoms. The van der Waals surface area contributed by atoms with E-state index < -0.39 is 0 Å². The maximum Gasteiger partial charge on any atom is 0.0901 e. The fourth-order valence-corrected chi connectivity index (χ4v) is 1.90. The highest BCUT2D eigenvalue weighted by atomic mass is 15.3. The van der Waals surface area contributed by atoms with Crippen LogP contribution in [0, 0.1) is 6.08 Å². The Morgan fingerprint density at radius 2 is 2.06 bits per heavy atom. The Kier molecular flexibility index (Phi) is 3.86. The molecule has 0 bridgehead atoms. The van der Waals surface area contributed by atoms with E-state index in [1.165, 1.54) is 18.5 Å². The molecule has 1 aromatic rings. The van der Waals surface area contributed by atoms with Gasteiger partial charge in [-0.1, -0.05) is 31.5 Å². The molecular formula is C14H19N2. The molecule has 0 saturated carbocycles. The molecule has 85 valence electrons. The van der Waals surface area contributed by atoms with Crippen LogP contribution in [0.5, 0.6) is 0 Å². The Balaban J connectivity index is 1.96. The maximum absolute atomic E-state index is 3.32. The second kappa shape index (κ2) is 5.59. The van der Waals surface area contributed by atoms with Crippen LogP contribution in [0.1, 0.15) is 19.8 Å². The predicted molar refractivity (Wildman–Crippen MR) is 68.1 cm³/mol. The monoisotopic (exact) mass is 215 g/mol. The molecule has 1 aliphatic rings. The van der Waals surface area contributed by atoms with Crippen LogP contribution < -0.4 is 4.90 Å². The van der Waals surface area contributed by atoms with Crippen LogP contribution in [0.3, 0.4) is 0 Å². The quantitative estimate of drug-likeness (QED) is 0.762. The van der Waals surface area contributed by atoms with Crippen molar-refractivity contribution in [3.8, 4) is 0 Å². The Labute approximate surface area is 98.2 Å². The first-order valence-corrected chi connectivity index (χ1v) is 6.01. The smallest absolute Gasteiger partial charge is 0.0901 e. The van der Waals surface area contributed by atoms with Crippen molar-refractivity contribution in [2.24, 2.45) is 0 Å². The van der Waals surface area contributed by atoms with Gasteiger partial charge in [-0.05, 0) is 24.6 Å². The zero-order chi connectivity index (χ0) is 11.2. The molecule has 2 nitrogen and oxygen atoms in total. The van der Waals surface area contributed by atoms with E-state index in [9.17, 15) is 0 Å². The summed E-state index contributed by atoms with van der Waals surface area (Å²) in [5.41, 5.74) is 1.28. The van der Waals surface area contributed by atoms with Crippen LogP contribution in [0.15, 0.2) is 36.5 Å². The third-order valence-corrected chi connectivity index (χ3v) is 2.83. The third-order valence-electron chi connectivity index (χ3n) is 2.83. The van der Waals surface area contributed by atoms with E-state index in [-0.39, 0.29) is 0 Å². The topological polar surface area (TPSA) is 6.48 Å². The molecule has 1 radical (unpaired) electrons. The molecule has 0 fully saturated rings. The first-order valence-electron chi connectivity index (χ1n) is 6.01. The summed E-state index contributed by atoms with van der Waals surface area (Å²) in [5, 5.41) is 0. The van der Waals surface area contributed by atoms with Crippen molar-refractivity contribution in [1.82, 2.24) is 4.90 Å². The van der Waals surface area contributed by atoms with Crippen molar-refractivity contribution in [3.05, 3.63) is 42.6 Å². The average molecular weight is 215 g/mol. The molecule has 2 heteroatoms. The Bertz CT molecular complexity index is 332. The molecule has 0 N–H and O–H groups in total. The van der Waals surface area contributed by atoms with E-state index in [4.69, 9.17) is 0 Å². The SMILES string of the molecule is CCCCN1C=[C]CN(c2ccccc2)C1. The molecule has 1 heterocycles. The number of anilines is 1. The highest BCUT2D eigenvalue weighted by Gasteiger charge is 2.11. The van der Waals surface area contributed by atoms with Crippen molar-refractivity contribution in [1.29, 1.82) is 0 Å². The summed E-state index contributed by atoms with van der Waals surface area (Å²) < 4.78 is 0. The van der Waals surface area contributed by atoms with E-state index in [1.807, 2.05) is 0 Å². The number of para-hydroxylation sites is 1. The van der Waals surface area contributed by atoms with E-state index in [0.717, 1.165) is 19.8 Å². The largest absolute Gasteiger partial charge is 0.360 e. The highest BCUT2D eigenvalue weighted by molar-refractivity contribution is 5.46. The molecule has 0 unspecified atom stereocenters. The number of benzene rings is 1. The minimum Gasteiger partial charge on any atom is -0.360 e. The zero-order valence-corrected chi connectivity index (χ0v) is 9.89. The van der Waals surface area contributed by atoms with Gasteiger partial charge < -0.3 is 9.80 Å². The first kappa shape index (κ1) is 11.1. The number of unbranched alkanes of at least 4 members (excludes halogenated alkanes) is 1. The van der Waals surface area contributed by atoms with Crippen LogP contribution in [-0.2, 0) is 0 Å². The van der Waals surface area contributed by atoms with Crippen LogP contribution >= 0.6 is 0 Å².